The molecule has 0 N–H and O–H groups in total. The minimum Gasteiger partial charge on any atom is -0.496 e. The SMILES string of the molecule is COc1ccc(Br)cc1COC(=O)c1ccc2c(c1)OCO2. The Morgan fingerprint density at radius 1 is 1.18 bits per heavy atom. The molecule has 6 heteroatoms. The van der Waals surface area contributed by atoms with E-state index in [2.05, 4.69) is 15.9 Å². The summed E-state index contributed by atoms with van der Waals surface area (Å²) in [5.74, 6) is 1.42. The van der Waals surface area contributed by atoms with Crippen molar-refractivity contribution in [3.05, 3.63) is 52.0 Å². The van der Waals surface area contributed by atoms with Crippen molar-refractivity contribution in [2.75, 3.05) is 13.9 Å². The molecule has 5 nitrogen and oxygen atoms in total. The molecular weight excluding hydrogens is 352 g/mol. The number of halogens is 1. The van der Waals surface area contributed by atoms with Crippen LogP contribution in [0.1, 0.15) is 15.9 Å². The minimum absolute atomic E-state index is 0.121. The molecule has 0 aliphatic carbocycles. The van der Waals surface area contributed by atoms with E-state index >= 15 is 0 Å². The molecule has 0 aromatic heterocycles. The maximum atomic E-state index is 12.1. The van der Waals surface area contributed by atoms with Crippen molar-refractivity contribution in [2.24, 2.45) is 0 Å². The second kappa shape index (κ2) is 6.27. The highest BCUT2D eigenvalue weighted by atomic mass is 79.9. The maximum Gasteiger partial charge on any atom is 0.338 e. The molecule has 2 aromatic rings. The summed E-state index contributed by atoms with van der Waals surface area (Å²) in [4.78, 5) is 12.1. The molecule has 0 unspecified atom stereocenters. The highest BCUT2D eigenvalue weighted by Crippen LogP contribution is 2.32. The fraction of sp³-hybridized carbons (Fsp3) is 0.188. The van der Waals surface area contributed by atoms with E-state index in [0.717, 1.165) is 10.0 Å². The number of fused-ring (bicyclic) bond motifs is 1. The molecule has 0 saturated heterocycles. The number of carbonyl (C=O) groups excluding carboxylic acids is 1. The van der Waals surface area contributed by atoms with Gasteiger partial charge in [-0.05, 0) is 36.4 Å². The lowest BCUT2D eigenvalue weighted by atomic mass is 10.2. The first-order valence-corrected chi connectivity index (χ1v) is 7.36. The van der Waals surface area contributed by atoms with Gasteiger partial charge in [0.2, 0.25) is 6.79 Å². The molecule has 0 bridgehead atoms. The van der Waals surface area contributed by atoms with Crippen molar-refractivity contribution in [3.8, 4) is 17.2 Å². The Morgan fingerprint density at radius 2 is 2.00 bits per heavy atom. The quantitative estimate of drug-likeness (QED) is 0.776. The van der Waals surface area contributed by atoms with Gasteiger partial charge in [-0.15, -0.1) is 0 Å². The van der Waals surface area contributed by atoms with Crippen LogP contribution in [0.2, 0.25) is 0 Å². The normalized spacial score (nSPS) is 12.1. The van der Waals surface area contributed by atoms with Gasteiger partial charge >= 0.3 is 5.97 Å². The van der Waals surface area contributed by atoms with Crippen molar-refractivity contribution < 1.29 is 23.7 Å². The van der Waals surface area contributed by atoms with Crippen molar-refractivity contribution in [1.82, 2.24) is 0 Å². The van der Waals surface area contributed by atoms with Gasteiger partial charge in [-0.25, -0.2) is 4.79 Å². The summed E-state index contributed by atoms with van der Waals surface area (Å²) in [7, 11) is 1.58. The Balaban J connectivity index is 1.71. The van der Waals surface area contributed by atoms with Crippen molar-refractivity contribution in [2.45, 2.75) is 6.61 Å². The molecule has 0 spiro atoms. The van der Waals surface area contributed by atoms with Crippen LogP contribution in [0.25, 0.3) is 0 Å². The number of carbonyl (C=O) groups is 1. The topological polar surface area (TPSA) is 54.0 Å². The fourth-order valence-electron chi connectivity index (χ4n) is 2.11. The summed E-state index contributed by atoms with van der Waals surface area (Å²) < 4.78 is 21.9. The van der Waals surface area contributed by atoms with E-state index in [1.165, 1.54) is 0 Å². The van der Waals surface area contributed by atoms with Crippen LogP contribution >= 0.6 is 15.9 Å². The van der Waals surface area contributed by atoms with Gasteiger partial charge in [0.25, 0.3) is 0 Å². The molecule has 114 valence electrons. The van der Waals surface area contributed by atoms with Gasteiger partial charge in [-0.1, -0.05) is 15.9 Å². The first-order valence-electron chi connectivity index (χ1n) is 6.56. The molecule has 1 heterocycles. The van der Waals surface area contributed by atoms with Crippen LogP contribution in [-0.2, 0) is 11.3 Å². The Labute approximate surface area is 135 Å². The van der Waals surface area contributed by atoms with E-state index in [0.29, 0.717) is 22.8 Å². The summed E-state index contributed by atoms with van der Waals surface area (Å²) in [6, 6.07) is 10.5. The summed E-state index contributed by atoms with van der Waals surface area (Å²) in [6.07, 6.45) is 0. The van der Waals surface area contributed by atoms with Crippen LogP contribution in [0.3, 0.4) is 0 Å². The van der Waals surface area contributed by atoms with Crippen LogP contribution in [0.15, 0.2) is 40.9 Å². The summed E-state index contributed by atoms with van der Waals surface area (Å²) >= 11 is 3.38. The molecule has 2 aromatic carbocycles. The molecule has 0 atom stereocenters. The molecule has 1 aliphatic rings. The van der Waals surface area contributed by atoms with Gasteiger partial charge < -0.3 is 18.9 Å². The van der Waals surface area contributed by atoms with Gasteiger partial charge in [0, 0.05) is 10.0 Å². The number of ether oxygens (including phenoxy) is 4. The zero-order chi connectivity index (χ0) is 15.5. The third kappa shape index (κ3) is 3.01. The van der Waals surface area contributed by atoms with Crippen molar-refractivity contribution in [1.29, 1.82) is 0 Å². The molecule has 0 saturated carbocycles. The Bertz CT molecular complexity index is 714. The molecule has 0 amide bonds. The number of methoxy groups -OCH3 is 1. The standard InChI is InChI=1S/C16H13BrO5/c1-19-13-5-3-12(17)6-11(13)8-20-16(18)10-2-4-14-15(7-10)22-9-21-14/h2-7H,8-9H2,1H3. The largest absolute Gasteiger partial charge is 0.496 e. The number of hydrogen-bond acceptors (Lipinski definition) is 5. The lowest BCUT2D eigenvalue weighted by Crippen LogP contribution is -2.06. The molecule has 22 heavy (non-hydrogen) atoms. The lowest BCUT2D eigenvalue weighted by molar-refractivity contribution is 0.0469. The first kappa shape index (κ1) is 14.7. The highest BCUT2D eigenvalue weighted by molar-refractivity contribution is 9.10. The van der Waals surface area contributed by atoms with Gasteiger partial charge in [0.15, 0.2) is 11.5 Å². The van der Waals surface area contributed by atoms with E-state index in [9.17, 15) is 4.79 Å². The fourth-order valence-corrected chi connectivity index (χ4v) is 2.52. The Hall–Kier alpha value is -2.21. The smallest absolute Gasteiger partial charge is 0.338 e. The van der Waals surface area contributed by atoms with Gasteiger partial charge in [-0.3, -0.25) is 0 Å². The Kier molecular flexibility index (Phi) is 4.20. The summed E-state index contributed by atoms with van der Waals surface area (Å²) in [5.41, 5.74) is 1.20. The monoisotopic (exact) mass is 364 g/mol. The van der Waals surface area contributed by atoms with Crippen LogP contribution in [0.5, 0.6) is 17.2 Å². The molecule has 3 rings (SSSR count). The molecule has 1 aliphatic heterocycles. The minimum atomic E-state index is -0.430. The third-order valence-electron chi connectivity index (χ3n) is 3.21. The van der Waals surface area contributed by atoms with E-state index in [4.69, 9.17) is 18.9 Å². The maximum absolute atomic E-state index is 12.1. The first-order chi connectivity index (χ1) is 10.7. The average Bonchev–Trinajstić information content (AvgIpc) is 3.00. The number of benzene rings is 2. The van der Waals surface area contributed by atoms with Crippen molar-refractivity contribution in [3.63, 3.8) is 0 Å². The second-order valence-electron chi connectivity index (χ2n) is 4.60. The van der Waals surface area contributed by atoms with Crippen LogP contribution in [0.4, 0.5) is 0 Å². The van der Waals surface area contributed by atoms with Gasteiger partial charge in [0.1, 0.15) is 12.4 Å². The zero-order valence-electron chi connectivity index (χ0n) is 11.8. The number of hydrogen-bond donors (Lipinski definition) is 0. The van der Waals surface area contributed by atoms with Gasteiger partial charge in [-0.2, -0.15) is 0 Å². The van der Waals surface area contributed by atoms with E-state index in [1.54, 1.807) is 25.3 Å². The van der Waals surface area contributed by atoms with E-state index < -0.39 is 5.97 Å². The van der Waals surface area contributed by atoms with Crippen molar-refractivity contribution >= 4 is 21.9 Å². The number of esters is 1. The van der Waals surface area contributed by atoms with E-state index in [1.807, 2.05) is 18.2 Å². The second-order valence-corrected chi connectivity index (χ2v) is 5.52. The Morgan fingerprint density at radius 3 is 2.82 bits per heavy atom. The van der Waals surface area contributed by atoms with Crippen LogP contribution < -0.4 is 14.2 Å². The van der Waals surface area contributed by atoms with Crippen LogP contribution in [-0.4, -0.2) is 19.9 Å². The van der Waals surface area contributed by atoms with E-state index in [-0.39, 0.29) is 13.4 Å². The molecule has 0 radical (unpaired) electrons. The lowest BCUT2D eigenvalue weighted by Gasteiger charge is -2.10. The number of rotatable bonds is 4. The molecule has 0 fully saturated rings. The predicted molar refractivity (Wildman–Crippen MR) is 82.4 cm³/mol. The molecular formula is C16H13BrO5. The summed E-state index contributed by atoms with van der Waals surface area (Å²) in [5, 5.41) is 0. The summed E-state index contributed by atoms with van der Waals surface area (Å²) in [6.45, 7) is 0.291. The average molecular weight is 365 g/mol. The van der Waals surface area contributed by atoms with Crippen LogP contribution in [0, 0.1) is 0 Å². The predicted octanol–water partition coefficient (Wildman–Crippen LogP) is 3.54. The zero-order valence-corrected chi connectivity index (χ0v) is 13.4. The highest BCUT2D eigenvalue weighted by Gasteiger charge is 2.17. The van der Waals surface area contributed by atoms with Gasteiger partial charge in [0.05, 0.1) is 12.7 Å². The third-order valence-corrected chi connectivity index (χ3v) is 3.70.